The topological polar surface area (TPSA) is 91.4 Å². The van der Waals surface area contributed by atoms with Crippen LogP contribution in [0.4, 0.5) is 5.82 Å². The van der Waals surface area contributed by atoms with Gasteiger partial charge in [0.25, 0.3) is 0 Å². The second-order valence-electron chi connectivity index (χ2n) is 5.05. The Kier molecular flexibility index (Phi) is 4.51. The SMILES string of the molecule is CCn1cc(-c2c(C#N)c(N)nc3c2SCCSC3)cc1C#N. The highest BCUT2D eigenvalue weighted by atomic mass is 32.2. The quantitative estimate of drug-likeness (QED) is 0.901. The highest BCUT2D eigenvalue weighted by Gasteiger charge is 2.23. The average Bonchev–Trinajstić information content (AvgIpc) is 2.84. The lowest BCUT2D eigenvalue weighted by atomic mass is 10.0. The molecule has 0 fully saturated rings. The lowest BCUT2D eigenvalue weighted by molar-refractivity contribution is 0.758. The zero-order chi connectivity index (χ0) is 16.4. The summed E-state index contributed by atoms with van der Waals surface area (Å²) in [5.41, 5.74) is 9.65. The standard InChI is InChI=1S/C16H15N5S2/c1-2-21-8-10(5-11(21)6-17)14-12(7-18)16(19)20-13-9-22-3-4-23-15(13)14/h5,8H,2-4,9H2,1H3,(H2,19,20). The summed E-state index contributed by atoms with van der Waals surface area (Å²) in [5.74, 6) is 3.08. The Hall–Kier alpha value is -2.09. The number of nitrogen functional groups attached to an aromatic ring is 1. The molecule has 5 nitrogen and oxygen atoms in total. The van der Waals surface area contributed by atoms with Crippen molar-refractivity contribution in [1.82, 2.24) is 9.55 Å². The van der Waals surface area contributed by atoms with E-state index in [-0.39, 0.29) is 5.82 Å². The maximum absolute atomic E-state index is 9.57. The molecular formula is C16H15N5S2. The molecule has 23 heavy (non-hydrogen) atoms. The molecule has 0 radical (unpaired) electrons. The van der Waals surface area contributed by atoms with Crippen molar-refractivity contribution in [1.29, 1.82) is 10.5 Å². The molecule has 0 bridgehead atoms. The molecule has 3 rings (SSSR count). The van der Waals surface area contributed by atoms with Crippen LogP contribution in [0.15, 0.2) is 17.2 Å². The summed E-state index contributed by atoms with van der Waals surface area (Å²) >= 11 is 3.54. The minimum atomic E-state index is 0.270. The molecule has 0 atom stereocenters. The van der Waals surface area contributed by atoms with Gasteiger partial charge >= 0.3 is 0 Å². The van der Waals surface area contributed by atoms with Crippen LogP contribution in [0.1, 0.15) is 23.9 Å². The zero-order valence-corrected chi connectivity index (χ0v) is 14.3. The Labute approximate surface area is 143 Å². The Morgan fingerprint density at radius 3 is 2.83 bits per heavy atom. The lowest BCUT2D eigenvalue weighted by Crippen LogP contribution is -2.03. The van der Waals surface area contributed by atoms with Crippen molar-refractivity contribution in [2.45, 2.75) is 24.1 Å². The fourth-order valence-electron chi connectivity index (χ4n) is 2.65. The molecule has 116 valence electrons. The number of nitrogens with zero attached hydrogens (tertiary/aromatic N) is 4. The first-order valence-electron chi connectivity index (χ1n) is 7.23. The van der Waals surface area contributed by atoms with E-state index < -0.39 is 0 Å². The molecule has 2 aromatic heterocycles. The summed E-state index contributed by atoms with van der Waals surface area (Å²) in [4.78, 5) is 5.47. The van der Waals surface area contributed by atoms with E-state index in [2.05, 4.69) is 17.1 Å². The average molecular weight is 341 g/mol. The van der Waals surface area contributed by atoms with Gasteiger partial charge in [0.05, 0.1) is 5.69 Å². The normalized spacial score (nSPS) is 13.7. The van der Waals surface area contributed by atoms with Crippen molar-refractivity contribution in [2.24, 2.45) is 0 Å². The number of pyridine rings is 1. The number of aromatic nitrogens is 2. The van der Waals surface area contributed by atoms with Gasteiger partial charge in [-0.1, -0.05) is 0 Å². The van der Waals surface area contributed by atoms with Gasteiger partial charge in [-0.05, 0) is 13.0 Å². The van der Waals surface area contributed by atoms with Gasteiger partial charge in [-0.3, -0.25) is 0 Å². The van der Waals surface area contributed by atoms with Crippen LogP contribution in [0.2, 0.25) is 0 Å². The fraction of sp³-hybridized carbons (Fsp3) is 0.312. The molecule has 0 saturated carbocycles. The number of thioether (sulfide) groups is 2. The van der Waals surface area contributed by atoms with E-state index in [0.29, 0.717) is 17.8 Å². The molecule has 1 aliphatic heterocycles. The highest BCUT2D eigenvalue weighted by Crippen LogP contribution is 2.41. The smallest absolute Gasteiger partial charge is 0.142 e. The predicted molar refractivity (Wildman–Crippen MR) is 94.1 cm³/mol. The first kappa shape index (κ1) is 15.8. The summed E-state index contributed by atoms with van der Waals surface area (Å²) in [6.07, 6.45) is 1.92. The van der Waals surface area contributed by atoms with Gasteiger partial charge in [0, 0.05) is 46.0 Å². The summed E-state index contributed by atoms with van der Waals surface area (Å²) in [6.45, 7) is 2.69. The monoisotopic (exact) mass is 341 g/mol. The van der Waals surface area contributed by atoms with Crippen LogP contribution in [0, 0.1) is 22.7 Å². The number of hydrogen-bond donors (Lipinski definition) is 1. The number of nitriles is 2. The van der Waals surface area contributed by atoms with Crippen molar-refractivity contribution in [3.8, 4) is 23.3 Å². The molecule has 0 unspecified atom stereocenters. The van der Waals surface area contributed by atoms with Crippen molar-refractivity contribution in [2.75, 3.05) is 17.2 Å². The number of aryl methyl sites for hydroxylation is 1. The molecular weight excluding hydrogens is 326 g/mol. The molecule has 2 N–H and O–H groups in total. The van der Waals surface area contributed by atoms with Gasteiger partial charge in [-0.15, -0.1) is 11.8 Å². The van der Waals surface area contributed by atoms with Gasteiger partial charge in [-0.2, -0.15) is 22.3 Å². The van der Waals surface area contributed by atoms with E-state index in [1.54, 1.807) is 11.8 Å². The van der Waals surface area contributed by atoms with Gasteiger partial charge in [-0.25, -0.2) is 4.98 Å². The maximum Gasteiger partial charge on any atom is 0.142 e. The first-order chi connectivity index (χ1) is 11.2. The van der Waals surface area contributed by atoms with Crippen molar-refractivity contribution < 1.29 is 0 Å². The first-order valence-corrected chi connectivity index (χ1v) is 9.37. The summed E-state index contributed by atoms with van der Waals surface area (Å²) < 4.78 is 1.88. The van der Waals surface area contributed by atoms with Crippen molar-refractivity contribution in [3.05, 3.63) is 29.2 Å². The van der Waals surface area contributed by atoms with Gasteiger partial charge in [0.15, 0.2) is 0 Å². The Balaban J connectivity index is 2.29. The van der Waals surface area contributed by atoms with Gasteiger partial charge < -0.3 is 10.3 Å². The number of rotatable bonds is 2. The molecule has 0 saturated heterocycles. The highest BCUT2D eigenvalue weighted by molar-refractivity contribution is 8.03. The molecule has 0 aliphatic carbocycles. The third kappa shape index (κ3) is 2.78. The van der Waals surface area contributed by atoms with E-state index in [4.69, 9.17) is 5.73 Å². The van der Waals surface area contributed by atoms with Crippen LogP contribution >= 0.6 is 23.5 Å². The van der Waals surface area contributed by atoms with Gasteiger partial charge in [0.2, 0.25) is 0 Å². The van der Waals surface area contributed by atoms with Crippen LogP contribution in [0.3, 0.4) is 0 Å². The predicted octanol–water partition coefficient (Wildman–Crippen LogP) is 3.23. The number of fused-ring (bicyclic) bond motifs is 1. The van der Waals surface area contributed by atoms with E-state index in [1.807, 2.05) is 35.5 Å². The third-order valence-electron chi connectivity index (χ3n) is 3.72. The van der Waals surface area contributed by atoms with Crippen molar-refractivity contribution >= 4 is 29.3 Å². The van der Waals surface area contributed by atoms with E-state index >= 15 is 0 Å². The van der Waals surface area contributed by atoms with Crippen LogP contribution in [-0.2, 0) is 12.3 Å². The van der Waals surface area contributed by atoms with Crippen LogP contribution in [0.5, 0.6) is 0 Å². The Morgan fingerprint density at radius 2 is 2.17 bits per heavy atom. The molecule has 7 heteroatoms. The number of nitrogens with two attached hydrogens (primary N) is 1. The van der Waals surface area contributed by atoms with E-state index in [9.17, 15) is 10.5 Å². The maximum atomic E-state index is 9.57. The van der Waals surface area contributed by atoms with Crippen LogP contribution in [-0.4, -0.2) is 21.1 Å². The third-order valence-corrected chi connectivity index (χ3v) is 6.08. The Morgan fingerprint density at radius 1 is 1.35 bits per heavy atom. The molecule has 2 aromatic rings. The lowest BCUT2D eigenvalue weighted by Gasteiger charge is -2.13. The molecule has 1 aliphatic rings. The van der Waals surface area contributed by atoms with E-state index in [1.165, 1.54) is 0 Å². The summed E-state index contributed by atoms with van der Waals surface area (Å²) in [6, 6.07) is 6.23. The second kappa shape index (κ2) is 6.57. The summed E-state index contributed by atoms with van der Waals surface area (Å²) in [5, 5.41) is 18.9. The minimum Gasteiger partial charge on any atom is -0.383 e. The van der Waals surface area contributed by atoms with Crippen molar-refractivity contribution in [3.63, 3.8) is 0 Å². The zero-order valence-electron chi connectivity index (χ0n) is 12.7. The minimum absolute atomic E-state index is 0.270. The van der Waals surface area contributed by atoms with Crippen LogP contribution in [0.25, 0.3) is 11.1 Å². The fourth-order valence-corrected chi connectivity index (χ4v) is 4.95. The number of hydrogen-bond acceptors (Lipinski definition) is 6. The molecule has 0 spiro atoms. The molecule has 0 aromatic carbocycles. The van der Waals surface area contributed by atoms with Crippen LogP contribution < -0.4 is 5.73 Å². The largest absolute Gasteiger partial charge is 0.383 e. The second-order valence-corrected chi connectivity index (χ2v) is 7.26. The number of anilines is 1. The molecule has 3 heterocycles. The Bertz CT molecular complexity index is 842. The van der Waals surface area contributed by atoms with E-state index in [0.717, 1.165) is 39.0 Å². The molecule has 0 amide bonds. The summed E-state index contributed by atoms with van der Waals surface area (Å²) in [7, 11) is 0. The van der Waals surface area contributed by atoms with Gasteiger partial charge in [0.1, 0.15) is 29.2 Å².